The van der Waals surface area contributed by atoms with Gasteiger partial charge in [-0.15, -0.1) is 0 Å². The Morgan fingerprint density at radius 3 is 2.50 bits per heavy atom. The quantitative estimate of drug-likeness (QED) is 0.780. The van der Waals surface area contributed by atoms with Gasteiger partial charge in [0.1, 0.15) is 5.82 Å². The molecule has 3 aromatic rings. The van der Waals surface area contributed by atoms with Gasteiger partial charge in [0.15, 0.2) is 11.5 Å². The number of rotatable bonds is 5. The van der Waals surface area contributed by atoms with Gasteiger partial charge in [-0.25, -0.2) is 9.78 Å². The van der Waals surface area contributed by atoms with E-state index in [4.69, 9.17) is 9.47 Å². The molecule has 0 aliphatic rings. The summed E-state index contributed by atoms with van der Waals surface area (Å²) in [7, 11) is 3.16. The lowest BCUT2D eigenvalue weighted by atomic mass is 10.1. The molecule has 0 amide bonds. The van der Waals surface area contributed by atoms with E-state index >= 15 is 0 Å². The molecule has 24 heavy (non-hydrogen) atoms. The molecule has 0 atom stereocenters. The van der Waals surface area contributed by atoms with Crippen LogP contribution in [0.3, 0.4) is 0 Å². The standard InChI is InChI=1S/C18H18N2O4/c1-11-19-14-8-16(23-2)17(24-3)9-15(14)20(11)10-12-6-4-5-7-13(12)18(21)22/h4-9H,10H2,1-3H3,(H,21,22). The van der Waals surface area contributed by atoms with Crippen molar-refractivity contribution in [1.29, 1.82) is 0 Å². The molecule has 0 spiro atoms. The van der Waals surface area contributed by atoms with E-state index in [1.165, 1.54) is 0 Å². The number of aryl methyl sites for hydroxylation is 1. The molecular formula is C18H18N2O4. The van der Waals surface area contributed by atoms with Gasteiger partial charge in [0.05, 0.1) is 37.4 Å². The molecule has 0 aliphatic heterocycles. The predicted octanol–water partition coefficient (Wildman–Crippen LogP) is 3.11. The molecule has 1 aromatic heterocycles. The van der Waals surface area contributed by atoms with Crippen LogP contribution in [0.2, 0.25) is 0 Å². The Hall–Kier alpha value is -3.02. The maximum Gasteiger partial charge on any atom is 0.336 e. The second-order valence-corrected chi connectivity index (χ2v) is 5.40. The number of carboxylic acids is 1. The van der Waals surface area contributed by atoms with Crippen LogP contribution in [0.5, 0.6) is 11.5 Å². The Kier molecular flexibility index (Phi) is 4.12. The van der Waals surface area contributed by atoms with Crippen molar-refractivity contribution in [1.82, 2.24) is 9.55 Å². The molecule has 6 heteroatoms. The summed E-state index contributed by atoms with van der Waals surface area (Å²) in [6.45, 7) is 2.31. The van der Waals surface area contributed by atoms with E-state index in [9.17, 15) is 9.90 Å². The summed E-state index contributed by atoms with van der Waals surface area (Å²) < 4.78 is 12.6. The normalized spacial score (nSPS) is 10.8. The summed E-state index contributed by atoms with van der Waals surface area (Å²) in [5.41, 5.74) is 2.66. The Morgan fingerprint density at radius 1 is 1.17 bits per heavy atom. The van der Waals surface area contributed by atoms with Gasteiger partial charge in [-0.2, -0.15) is 0 Å². The van der Waals surface area contributed by atoms with Crippen LogP contribution >= 0.6 is 0 Å². The first-order chi connectivity index (χ1) is 11.5. The number of hydrogen-bond acceptors (Lipinski definition) is 4. The molecule has 1 heterocycles. The van der Waals surface area contributed by atoms with Gasteiger partial charge in [-0.3, -0.25) is 0 Å². The molecule has 1 N–H and O–H groups in total. The van der Waals surface area contributed by atoms with Gasteiger partial charge in [0, 0.05) is 12.1 Å². The Balaban J connectivity index is 2.13. The number of ether oxygens (including phenoxy) is 2. The largest absolute Gasteiger partial charge is 0.493 e. The summed E-state index contributed by atoms with van der Waals surface area (Å²) in [6.07, 6.45) is 0. The highest BCUT2D eigenvalue weighted by Crippen LogP contribution is 2.32. The molecule has 6 nitrogen and oxygen atoms in total. The molecule has 0 radical (unpaired) electrons. The number of fused-ring (bicyclic) bond motifs is 1. The van der Waals surface area contributed by atoms with Crippen LogP contribution in [0, 0.1) is 6.92 Å². The van der Waals surface area contributed by atoms with E-state index in [-0.39, 0.29) is 0 Å². The van der Waals surface area contributed by atoms with Crippen LogP contribution in [-0.4, -0.2) is 34.8 Å². The van der Waals surface area contributed by atoms with Crippen LogP contribution in [0.15, 0.2) is 36.4 Å². The maximum atomic E-state index is 11.4. The molecule has 0 aliphatic carbocycles. The van der Waals surface area contributed by atoms with Gasteiger partial charge in [-0.1, -0.05) is 18.2 Å². The minimum absolute atomic E-state index is 0.291. The number of imidazole rings is 1. The molecule has 0 saturated carbocycles. The Bertz CT molecular complexity index is 915. The van der Waals surface area contributed by atoms with Crippen LogP contribution in [0.1, 0.15) is 21.7 Å². The summed E-state index contributed by atoms with van der Waals surface area (Å²) in [5, 5.41) is 9.37. The minimum Gasteiger partial charge on any atom is -0.493 e. The fourth-order valence-electron chi connectivity index (χ4n) is 2.81. The van der Waals surface area contributed by atoms with E-state index in [2.05, 4.69) is 4.98 Å². The first-order valence-electron chi connectivity index (χ1n) is 7.45. The number of benzene rings is 2. The van der Waals surface area contributed by atoms with Gasteiger partial charge in [0.2, 0.25) is 0 Å². The third-order valence-corrected chi connectivity index (χ3v) is 4.02. The van der Waals surface area contributed by atoms with E-state index in [1.807, 2.05) is 35.8 Å². The van der Waals surface area contributed by atoms with E-state index in [0.717, 1.165) is 22.4 Å². The van der Waals surface area contributed by atoms with Crippen LogP contribution in [0.25, 0.3) is 11.0 Å². The number of aromatic nitrogens is 2. The topological polar surface area (TPSA) is 73.6 Å². The predicted molar refractivity (Wildman–Crippen MR) is 90.1 cm³/mol. The average Bonchev–Trinajstić information content (AvgIpc) is 2.88. The number of nitrogens with zero attached hydrogens (tertiary/aromatic N) is 2. The lowest BCUT2D eigenvalue weighted by Gasteiger charge is -2.11. The lowest BCUT2D eigenvalue weighted by molar-refractivity contribution is 0.0695. The van der Waals surface area contributed by atoms with Crippen molar-refractivity contribution in [3.63, 3.8) is 0 Å². The van der Waals surface area contributed by atoms with Crippen molar-refractivity contribution in [3.8, 4) is 11.5 Å². The zero-order valence-electron chi connectivity index (χ0n) is 13.7. The lowest BCUT2D eigenvalue weighted by Crippen LogP contribution is -2.08. The number of carbonyl (C=O) groups is 1. The van der Waals surface area contributed by atoms with Crippen molar-refractivity contribution in [3.05, 3.63) is 53.3 Å². The molecule has 0 saturated heterocycles. The monoisotopic (exact) mass is 326 g/mol. The van der Waals surface area contributed by atoms with E-state index in [1.54, 1.807) is 26.4 Å². The van der Waals surface area contributed by atoms with Gasteiger partial charge in [-0.05, 0) is 18.6 Å². The van der Waals surface area contributed by atoms with Crippen LogP contribution in [0.4, 0.5) is 0 Å². The highest BCUT2D eigenvalue weighted by Gasteiger charge is 2.15. The van der Waals surface area contributed by atoms with Crippen molar-refractivity contribution >= 4 is 17.0 Å². The van der Waals surface area contributed by atoms with E-state index in [0.29, 0.717) is 23.6 Å². The highest BCUT2D eigenvalue weighted by atomic mass is 16.5. The fourth-order valence-corrected chi connectivity index (χ4v) is 2.81. The summed E-state index contributed by atoms with van der Waals surface area (Å²) in [5.74, 6) is 1.07. The molecular weight excluding hydrogens is 308 g/mol. The molecule has 124 valence electrons. The first kappa shape index (κ1) is 15.9. The summed E-state index contributed by atoms with van der Waals surface area (Å²) in [4.78, 5) is 16.0. The van der Waals surface area contributed by atoms with Gasteiger partial charge >= 0.3 is 5.97 Å². The summed E-state index contributed by atoms with van der Waals surface area (Å²) >= 11 is 0. The number of hydrogen-bond donors (Lipinski definition) is 1. The second kappa shape index (κ2) is 6.23. The molecule has 0 unspecified atom stereocenters. The zero-order chi connectivity index (χ0) is 17.3. The maximum absolute atomic E-state index is 11.4. The third kappa shape index (κ3) is 2.67. The Morgan fingerprint density at radius 2 is 1.83 bits per heavy atom. The third-order valence-electron chi connectivity index (χ3n) is 4.02. The highest BCUT2D eigenvalue weighted by molar-refractivity contribution is 5.89. The van der Waals surface area contributed by atoms with Crippen molar-refractivity contribution in [2.24, 2.45) is 0 Å². The number of aromatic carboxylic acids is 1. The van der Waals surface area contributed by atoms with E-state index < -0.39 is 5.97 Å². The fraction of sp³-hybridized carbons (Fsp3) is 0.222. The Labute approximate surface area is 139 Å². The molecule has 0 bridgehead atoms. The molecule has 2 aromatic carbocycles. The SMILES string of the molecule is COc1cc2nc(C)n(Cc3ccccc3C(=O)O)c2cc1OC. The second-order valence-electron chi connectivity index (χ2n) is 5.40. The first-order valence-corrected chi connectivity index (χ1v) is 7.45. The van der Waals surface area contributed by atoms with Gasteiger partial charge in [0.25, 0.3) is 0 Å². The van der Waals surface area contributed by atoms with Crippen molar-refractivity contribution in [2.75, 3.05) is 14.2 Å². The number of methoxy groups -OCH3 is 2. The molecule has 3 rings (SSSR count). The van der Waals surface area contributed by atoms with Crippen LogP contribution < -0.4 is 9.47 Å². The minimum atomic E-state index is -0.938. The van der Waals surface area contributed by atoms with Crippen molar-refractivity contribution < 1.29 is 19.4 Å². The van der Waals surface area contributed by atoms with Gasteiger partial charge < -0.3 is 19.1 Å². The zero-order valence-corrected chi connectivity index (χ0v) is 13.7. The average molecular weight is 326 g/mol. The number of carboxylic acid groups (broad SMARTS) is 1. The van der Waals surface area contributed by atoms with Crippen molar-refractivity contribution in [2.45, 2.75) is 13.5 Å². The van der Waals surface area contributed by atoms with Crippen LogP contribution in [-0.2, 0) is 6.54 Å². The summed E-state index contributed by atoms with van der Waals surface area (Å²) in [6, 6.07) is 10.7. The molecule has 0 fully saturated rings. The smallest absolute Gasteiger partial charge is 0.336 e.